The molecule has 1 unspecified atom stereocenters. The van der Waals surface area contributed by atoms with E-state index in [4.69, 9.17) is 21.8 Å². The third-order valence-corrected chi connectivity index (χ3v) is 1.97. The van der Waals surface area contributed by atoms with Gasteiger partial charge in [-0.2, -0.15) is 0 Å². The Kier molecular flexibility index (Phi) is 3.03. The zero-order valence-electron chi connectivity index (χ0n) is 6.67. The molecular formula is C8H5ClF2O3. The first-order valence-electron chi connectivity index (χ1n) is 3.49. The molecule has 0 heterocycles. The molecule has 0 aliphatic heterocycles. The Morgan fingerprint density at radius 1 is 1.36 bits per heavy atom. The van der Waals surface area contributed by atoms with E-state index in [1.165, 1.54) is 0 Å². The van der Waals surface area contributed by atoms with Gasteiger partial charge in [-0.25, -0.2) is 13.6 Å². The van der Waals surface area contributed by atoms with E-state index in [2.05, 4.69) is 0 Å². The van der Waals surface area contributed by atoms with E-state index in [0.717, 1.165) is 6.07 Å². The molecule has 1 atom stereocenters. The van der Waals surface area contributed by atoms with Gasteiger partial charge >= 0.3 is 5.97 Å². The van der Waals surface area contributed by atoms with Gasteiger partial charge in [-0.05, 0) is 12.1 Å². The van der Waals surface area contributed by atoms with E-state index in [-0.39, 0.29) is 0 Å². The molecule has 0 radical (unpaired) electrons. The van der Waals surface area contributed by atoms with Crippen LogP contribution in [0.25, 0.3) is 0 Å². The van der Waals surface area contributed by atoms with Gasteiger partial charge in [0, 0.05) is 5.56 Å². The summed E-state index contributed by atoms with van der Waals surface area (Å²) in [5.41, 5.74) is -0.765. The summed E-state index contributed by atoms with van der Waals surface area (Å²) < 4.78 is 25.7. The van der Waals surface area contributed by atoms with E-state index in [0.29, 0.717) is 6.07 Å². The fourth-order valence-electron chi connectivity index (χ4n) is 0.917. The number of aliphatic carboxylic acids is 1. The van der Waals surface area contributed by atoms with Gasteiger partial charge in [-0.15, -0.1) is 0 Å². The topological polar surface area (TPSA) is 57.5 Å². The van der Waals surface area contributed by atoms with E-state index in [1.807, 2.05) is 0 Å². The first kappa shape index (κ1) is 10.9. The van der Waals surface area contributed by atoms with Crippen molar-refractivity contribution in [3.63, 3.8) is 0 Å². The molecule has 1 aromatic carbocycles. The predicted molar refractivity (Wildman–Crippen MR) is 44.0 cm³/mol. The first-order valence-corrected chi connectivity index (χ1v) is 3.87. The monoisotopic (exact) mass is 222 g/mol. The van der Waals surface area contributed by atoms with Gasteiger partial charge in [0.1, 0.15) is 11.6 Å². The van der Waals surface area contributed by atoms with E-state index in [1.54, 1.807) is 0 Å². The van der Waals surface area contributed by atoms with Gasteiger partial charge in [0.25, 0.3) is 0 Å². The van der Waals surface area contributed by atoms with Gasteiger partial charge in [0.2, 0.25) is 0 Å². The lowest BCUT2D eigenvalue weighted by molar-refractivity contribution is -0.147. The second kappa shape index (κ2) is 3.89. The van der Waals surface area contributed by atoms with Crippen molar-refractivity contribution in [3.8, 4) is 0 Å². The highest BCUT2D eigenvalue weighted by molar-refractivity contribution is 6.31. The largest absolute Gasteiger partial charge is 0.479 e. The molecule has 0 fully saturated rings. The maximum atomic E-state index is 13.0. The lowest BCUT2D eigenvalue weighted by Crippen LogP contribution is -2.13. The highest BCUT2D eigenvalue weighted by atomic mass is 35.5. The van der Waals surface area contributed by atoms with Crippen molar-refractivity contribution >= 4 is 17.6 Å². The fourth-order valence-corrected chi connectivity index (χ4v) is 1.17. The standard InChI is InChI=1S/C8H5ClF2O3/c9-6-4(11)2-1-3(10)5(6)7(12)8(13)14/h1-2,7,12H,(H,13,14). The van der Waals surface area contributed by atoms with Gasteiger partial charge < -0.3 is 10.2 Å². The number of rotatable bonds is 2. The molecule has 1 rings (SSSR count). The van der Waals surface area contributed by atoms with Gasteiger partial charge in [-0.3, -0.25) is 0 Å². The van der Waals surface area contributed by atoms with Crippen LogP contribution in [0, 0.1) is 11.6 Å². The number of halogens is 3. The van der Waals surface area contributed by atoms with Crippen LogP contribution in [-0.4, -0.2) is 16.2 Å². The molecule has 14 heavy (non-hydrogen) atoms. The smallest absolute Gasteiger partial charge is 0.337 e. The molecule has 0 amide bonds. The Hall–Kier alpha value is -1.20. The van der Waals surface area contributed by atoms with Crippen molar-refractivity contribution in [3.05, 3.63) is 34.4 Å². The summed E-state index contributed by atoms with van der Waals surface area (Å²) in [4.78, 5) is 10.3. The molecule has 0 spiro atoms. The summed E-state index contributed by atoms with van der Waals surface area (Å²) in [5, 5.41) is 16.6. The zero-order chi connectivity index (χ0) is 10.9. The van der Waals surface area contributed by atoms with E-state index < -0.39 is 34.3 Å². The third kappa shape index (κ3) is 1.83. The van der Waals surface area contributed by atoms with Crippen molar-refractivity contribution in [2.45, 2.75) is 6.10 Å². The summed E-state index contributed by atoms with van der Waals surface area (Å²) in [6, 6.07) is 1.44. The van der Waals surface area contributed by atoms with Crippen LogP contribution >= 0.6 is 11.6 Å². The number of hydrogen-bond acceptors (Lipinski definition) is 2. The van der Waals surface area contributed by atoms with Gasteiger partial charge in [0.15, 0.2) is 6.10 Å². The van der Waals surface area contributed by atoms with Crippen molar-refractivity contribution in [2.75, 3.05) is 0 Å². The van der Waals surface area contributed by atoms with Crippen molar-refractivity contribution in [1.29, 1.82) is 0 Å². The van der Waals surface area contributed by atoms with Crippen LogP contribution in [0.15, 0.2) is 12.1 Å². The Morgan fingerprint density at radius 2 is 1.86 bits per heavy atom. The number of hydrogen-bond donors (Lipinski definition) is 2. The summed E-state index contributed by atoms with van der Waals surface area (Å²) in [6.07, 6.45) is -2.17. The summed E-state index contributed by atoms with van der Waals surface area (Å²) in [6.45, 7) is 0. The minimum Gasteiger partial charge on any atom is -0.479 e. The minimum absolute atomic E-state index is 0.697. The zero-order valence-corrected chi connectivity index (χ0v) is 7.42. The Labute approximate surface area is 82.5 Å². The summed E-state index contributed by atoms with van der Waals surface area (Å²) >= 11 is 5.30. The van der Waals surface area contributed by atoms with Gasteiger partial charge in [-0.1, -0.05) is 11.6 Å². The summed E-state index contributed by atoms with van der Waals surface area (Å²) in [5.74, 6) is -3.74. The molecule has 0 aromatic heterocycles. The highest BCUT2D eigenvalue weighted by Gasteiger charge is 2.24. The van der Waals surface area contributed by atoms with Crippen LogP contribution in [0.2, 0.25) is 5.02 Å². The van der Waals surface area contributed by atoms with Crippen molar-refractivity contribution in [1.82, 2.24) is 0 Å². The Bertz CT molecular complexity index is 381. The van der Waals surface area contributed by atoms with Crippen molar-refractivity contribution in [2.24, 2.45) is 0 Å². The number of benzene rings is 1. The highest BCUT2D eigenvalue weighted by Crippen LogP contribution is 2.28. The quantitative estimate of drug-likeness (QED) is 0.750. The average Bonchev–Trinajstić information content (AvgIpc) is 2.12. The number of aliphatic hydroxyl groups is 1. The van der Waals surface area contributed by atoms with Crippen LogP contribution in [0.5, 0.6) is 0 Å². The fraction of sp³-hybridized carbons (Fsp3) is 0.125. The van der Waals surface area contributed by atoms with Crippen LogP contribution in [0.1, 0.15) is 11.7 Å². The van der Waals surface area contributed by atoms with Crippen LogP contribution in [0.4, 0.5) is 8.78 Å². The number of carbonyl (C=O) groups is 1. The third-order valence-electron chi connectivity index (χ3n) is 1.59. The molecule has 0 aliphatic rings. The molecule has 0 saturated heterocycles. The molecule has 2 N–H and O–H groups in total. The molecule has 0 saturated carbocycles. The minimum atomic E-state index is -2.17. The maximum absolute atomic E-state index is 13.0. The second-order valence-corrected chi connectivity index (χ2v) is 2.88. The Balaban J connectivity index is 3.32. The Morgan fingerprint density at radius 3 is 2.36 bits per heavy atom. The SMILES string of the molecule is O=C(O)C(O)c1c(F)ccc(F)c1Cl. The van der Waals surface area contributed by atoms with Crippen LogP contribution in [0.3, 0.4) is 0 Å². The molecule has 0 bridgehead atoms. The number of carboxylic acids is 1. The van der Waals surface area contributed by atoms with E-state index >= 15 is 0 Å². The first-order chi connectivity index (χ1) is 6.45. The summed E-state index contributed by atoms with van der Waals surface area (Å²) in [7, 11) is 0. The second-order valence-electron chi connectivity index (χ2n) is 2.50. The molecule has 6 heteroatoms. The van der Waals surface area contributed by atoms with Gasteiger partial charge in [0.05, 0.1) is 5.02 Å². The normalized spacial score (nSPS) is 12.6. The number of aliphatic hydroxyl groups excluding tert-OH is 1. The van der Waals surface area contributed by atoms with Crippen LogP contribution in [-0.2, 0) is 4.79 Å². The van der Waals surface area contributed by atoms with Crippen molar-refractivity contribution < 1.29 is 23.8 Å². The predicted octanol–water partition coefficient (Wildman–Crippen LogP) is 1.74. The molecular weight excluding hydrogens is 218 g/mol. The molecule has 76 valence electrons. The lowest BCUT2D eigenvalue weighted by Gasteiger charge is -2.09. The molecule has 3 nitrogen and oxygen atoms in total. The molecule has 0 aliphatic carbocycles. The number of carboxylic acid groups (broad SMARTS) is 1. The lowest BCUT2D eigenvalue weighted by atomic mass is 10.1. The molecule has 1 aromatic rings. The van der Waals surface area contributed by atoms with E-state index in [9.17, 15) is 13.6 Å². The van der Waals surface area contributed by atoms with Crippen LogP contribution < -0.4 is 0 Å². The maximum Gasteiger partial charge on any atom is 0.337 e. The average molecular weight is 223 g/mol.